The van der Waals surface area contributed by atoms with Gasteiger partial charge in [0.1, 0.15) is 13.2 Å². The fourth-order valence-electron chi connectivity index (χ4n) is 5.13. The van der Waals surface area contributed by atoms with Crippen LogP contribution in [0.5, 0.6) is 11.5 Å². The van der Waals surface area contributed by atoms with E-state index in [0.717, 1.165) is 28.9 Å². The Morgan fingerprint density at radius 2 is 1.11 bits per heavy atom. The molecule has 4 N–H and O–H groups in total. The van der Waals surface area contributed by atoms with E-state index in [0.29, 0.717) is 27.2 Å². The number of rotatable bonds is 16. The van der Waals surface area contributed by atoms with E-state index in [9.17, 15) is 27.2 Å². The Labute approximate surface area is 346 Å². The highest BCUT2D eigenvalue weighted by Crippen LogP contribution is 2.38. The summed E-state index contributed by atoms with van der Waals surface area (Å²) in [7, 11) is 0. The SMILES string of the molecule is CC(C)Nc1cc(COc2c(Cl)cc(CC(F)C(=O)O)cc2Cl)cc(C(F)(F)F)c1.CC(C)Nc1cc(Cl)cc(COc2c(Cl)cc(CCC(=O)O)cc2Cl)c1. The van der Waals surface area contributed by atoms with Crippen LogP contribution in [0.15, 0.2) is 60.7 Å². The second-order valence-corrected chi connectivity index (χ2v) is 15.2. The molecule has 0 spiro atoms. The smallest absolute Gasteiger partial charge is 0.416 e. The Morgan fingerprint density at radius 1 is 0.661 bits per heavy atom. The summed E-state index contributed by atoms with van der Waals surface area (Å²) in [4.78, 5) is 21.3. The lowest BCUT2D eigenvalue weighted by Crippen LogP contribution is -2.17. The Balaban J connectivity index is 0.000000303. The number of nitrogens with one attached hydrogen (secondary N) is 2. The largest absolute Gasteiger partial charge is 0.486 e. The summed E-state index contributed by atoms with van der Waals surface area (Å²) in [6.45, 7) is 7.68. The van der Waals surface area contributed by atoms with Gasteiger partial charge in [0.25, 0.3) is 0 Å². The number of carboxylic acids is 2. The number of carboxylic acid groups (broad SMARTS) is 2. The summed E-state index contributed by atoms with van der Waals surface area (Å²) in [5, 5.41) is 24.9. The number of carbonyl (C=O) groups is 2. The molecule has 56 heavy (non-hydrogen) atoms. The molecular formula is C39H39Cl5F4N2O6. The van der Waals surface area contributed by atoms with Crippen LogP contribution in [0, 0.1) is 0 Å². The van der Waals surface area contributed by atoms with Gasteiger partial charge in [0, 0.05) is 41.3 Å². The van der Waals surface area contributed by atoms with Gasteiger partial charge in [-0.25, -0.2) is 9.18 Å². The maximum absolute atomic E-state index is 13.4. The standard InChI is InChI=1S/C20H19Cl2F4NO3.C19H20Cl3NO3/c1-10(2)27-14-4-12(3-13(8-14)20(24,25)26)9-30-18-15(21)5-11(6-16(18)22)7-17(23)19(28)29;1-11(2)23-15-6-13(5-14(20)9-15)10-26-19-16(21)7-12(8-17(19)22)3-4-18(24)25/h3-6,8,10,17,27H,7,9H2,1-2H3,(H,28,29);5-9,11,23H,3-4,10H2,1-2H3,(H,24,25). The first-order valence-electron chi connectivity index (χ1n) is 16.9. The van der Waals surface area contributed by atoms with E-state index in [1.54, 1.807) is 26.0 Å². The van der Waals surface area contributed by atoms with Gasteiger partial charge in [-0.15, -0.1) is 0 Å². The minimum Gasteiger partial charge on any atom is -0.486 e. The Morgan fingerprint density at radius 3 is 1.54 bits per heavy atom. The van der Waals surface area contributed by atoms with Gasteiger partial charge in [0.15, 0.2) is 11.5 Å². The van der Waals surface area contributed by atoms with Crippen LogP contribution in [0.3, 0.4) is 0 Å². The normalized spacial score (nSPS) is 11.8. The molecule has 17 heteroatoms. The quantitative estimate of drug-likeness (QED) is 0.0822. The Hall–Kier alpha value is -3.81. The van der Waals surface area contributed by atoms with E-state index in [1.165, 1.54) is 18.2 Å². The zero-order chi connectivity index (χ0) is 41.9. The van der Waals surface area contributed by atoms with E-state index in [2.05, 4.69) is 10.6 Å². The van der Waals surface area contributed by atoms with Crippen molar-refractivity contribution in [3.05, 3.63) is 114 Å². The van der Waals surface area contributed by atoms with Gasteiger partial charge < -0.3 is 30.3 Å². The number of alkyl halides is 4. The van der Waals surface area contributed by atoms with E-state index < -0.39 is 36.3 Å². The highest BCUT2D eigenvalue weighted by molar-refractivity contribution is 6.37. The van der Waals surface area contributed by atoms with Crippen LogP contribution in [0.1, 0.15) is 61.9 Å². The molecule has 0 saturated heterocycles. The van der Waals surface area contributed by atoms with Gasteiger partial charge in [-0.2, -0.15) is 13.2 Å². The molecular weight excluding hydrogens is 846 g/mol. The van der Waals surface area contributed by atoms with E-state index >= 15 is 0 Å². The van der Waals surface area contributed by atoms with Crippen molar-refractivity contribution in [3.63, 3.8) is 0 Å². The van der Waals surface area contributed by atoms with Crippen LogP contribution in [-0.4, -0.2) is 40.4 Å². The second-order valence-electron chi connectivity index (χ2n) is 13.1. The van der Waals surface area contributed by atoms with Crippen molar-refractivity contribution in [2.45, 2.75) is 84.6 Å². The summed E-state index contributed by atoms with van der Waals surface area (Å²) < 4.78 is 64.3. The fraction of sp³-hybridized carbons (Fsp3) is 0.333. The highest BCUT2D eigenvalue weighted by Gasteiger charge is 2.31. The van der Waals surface area contributed by atoms with Crippen molar-refractivity contribution >= 4 is 81.3 Å². The summed E-state index contributed by atoms with van der Waals surface area (Å²) in [5.41, 5.74) is 2.47. The molecule has 0 bridgehead atoms. The molecule has 0 fully saturated rings. The molecule has 1 unspecified atom stereocenters. The highest BCUT2D eigenvalue weighted by atomic mass is 35.5. The zero-order valence-corrected chi connectivity index (χ0v) is 34.2. The molecule has 0 aliphatic carbocycles. The maximum atomic E-state index is 13.4. The lowest BCUT2D eigenvalue weighted by atomic mass is 10.1. The average molecular weight is 885 g/mol. The number of anilines is 2. The van der Waals surface area contributed by atoms with Gasteiger partial charge in [-0.05, 0) is 117 Å². The molecule has 4 aromatic rings. The molecule has 0 aromatic heterocycles. The number of ether oxygens (including phenoxy) is 2. The lowest BCUT2D eigenvalue weighted by molar-refractivity contribution is -0.142. The first-order valence-corrected chi connectivity index (χ1v) is 18.8. The molecule has 0 heterocycles. The van der Waals surface area contributed by atoms with Crippen LogP contribution >= 0.6 is 58.0 Å². The van der Waals surface area contributed by atoms with Crippen molar-refractivity contribution in [2.75, 3.05) is 10.6 Å². The topological polar surface area (TPSA) is 117 Å². The van der Waals surface area contributed by atoms with Gasteiger partial charge in [0.2, 0.25) is 6.17 Å². The molecule has 0 aliphatic rings. The summed E-state index contributed by atoms with van der Waals surface area (Å²) in [6.07, 6.45) is -6.73. The molecule has 4 rings (SSSR count). The first kappa shape index (κ1) is 46.6. The predicted octanol–water partition coefficient (Wildman–Crippen LogP) is 12.4. The van der Waals surface area contributed by atoms with Crippen molar-refractivity contribution in [1.82, 2.24) is 0 Å². The number of halogens is 9. The molecule has 0 saturated carbocycles. The van der Waals surface area contributed by atoms with E-state index in [4.69, 9.17) is 77.7 Å². The van der Waals surface area contributed by atoms with Gasteiger partial charge >= 0.3 is 18.1 Å². The van der Waals surface area contributed by atoms with Crippen molar-refractivity contribution in [1.29, 1.82) is 0 Å². The van der Waals surface area contributed by atoms with Gasteiger partial charge in [-0.1, -0.05) is 58.0 Å². The molecule has 8 nitrogen and oxygen atoms in total. The predicted molar refractivity (Wildman–Crippen MR) is 214 cm³/mol. The summed E-state index contributed by atoms with van der Waals surface area (Å²) in [6, 6.07) is 15.3. The van der Waals surface area contributed by atoms with Gasteiger partial charge in [0.05, 0.1) is 25.7 Å². The molecule has 1 atom stereocenters. The molecule has 0 amide bonds. The zero-order valence-electron chi connectivity index (χ0n) is 30.5. The van der Waals surface area contributed by atoms with Crippen molar-refractivity contribution in [2.24, 2.45) is 0 Å². The third-order valence-electron chi connectivity index (χ3n) is 7.38. The third kappa shape index (κ3) is 15.3. The van der Waals surface area contributed by atoms with E-state index in [-0.39, 0.29) is 64.3 Å². The van der Waals surface area contributed by atoms with Gasteiger partial charge in [-0.3, -0.25) is 4.79 Å². The summed E-state index contributed by atoms with van der Waals surface area (Å²) in [5.74, 6) is -2.11. The van der Waals surface area contributed by atoms with Crippen LogP contribution < -0.4 is 20.1 Å². The molecule has 0 aliphatic heterocycles. The van der Waals surface area contributed by atoms with E-state index in [1.807, 2.05) is 32.0 Å². The first-order chi connectivity index (χ1) is 26.1. The Kier molecular flexibility index (Phi) is 17.5. The third-order valence-corrected chi connectivity index (χ3v) is 8.72. The van der Waals surface area contributed by atoms with Crippen LogP contribution in [0.2, 0.25) is 25.1 Å². The average Bonchev–Trinajstić information content (AvgIpc) is 3.05. The van der Waals surface area contributed by atoms with Crippen molar-refractivity contribution < 1.29 is 46.8 Å². The number of aliphatic carboxylic acids is 2. The lowest BCUT2D eigenvalue weighted by Gasteiger charge is -2.17. The minimum atomic E-state index is -4.53. The Bertz CT molecular complexity index is 1950. The minimum absolute atomic E-state index is 0.00333. The van der Waals surface area contributed by atoms with Crippen molar-refractivity contribution in [3.8, 4) is 11.5 Å². The number of hydrogen-bond donors (Lipinski definition) is 4. The molecule has 0 radical (unpaired) electrons. The number of benzene rings is 4. The fourth-order valence-corrected chi connectivity index (χ4v) is 6.67. The maximum Gasteiger partial charge on any atom is 0.416 e. The van der Waals surface area contributed by atoms with Crippen LogP contribution in [0.25, 0.3) is 0 Å². The van der Waals surface area contributed by atoms with Crippen LogP contribution in [0.4, 0.5) is 28.9 Å². The number of aryl methyl sites for hydroxylation is 1. The molecule has 304 valence electrons. The number of hydrogen-bond acceptors (Lipinski definition) is 6. The molecule has 4 aromatic carbocycles. The monoisotopic (exact) mass is 882 g/mol. The second kappa shape index (κ2) is 21.1. The summed E-state index contributed by atoms with van der Waals surface area (Å²) >= 11 is 30.9. The van der Waals surface area contributed by atoms with Crippen LogP contribution in [-0.2, 0) is 41.8 Å².